The zero-order chi connectivity index (χ0) is 16.4. The average Bonchev–Trinajstić information content (AvgIpc) is 2.49. The third-order valence-electron chi connectivity index (χ3n) is 4.15. The van der Waals surface area contributed by atoms with Crippen LogP contribution >= 0.6 is 0 Å². The molecule has 2 aromatic carbocycles. The molecule has 0 atom stereocenters. The summed E-state index contributed by atoms with van der Waals surface area (Å²) in [6.07, 6.45) is 1.67. The Hall–Kier alpha value is -2.14. The molecule has 1 aliphatic heterocycles. The molecule has 0 fully saturated rings. The SMILES string of the molecule is Cc1ccccc1CC(=O)Nc1ccc2c(c1)CCCS2(=O)=O. The second-order valence-corrected chi connectivity index (χ2v) is 7.97. The van der Waals surface area contributed by atoms with Crippen LogP contribution in [-0.2, 0) is 27.5 Å². The van der Waals surface area contributed by atoms with Crippen LogP contribution in [0.4, 0.5) is 5.69 Å². The number of hydrogen-bond acceptors (Lipinski definition) is 3. The Morgan fingerprint density at radius 3 is 2.74 bits per heavy atom. The van der Waals surface area contributed by atoms with E-state index in [2.05, 4.69) is 5.32 Å². The van der Waals surface area contributed by atoms with E-state index in [0.29, 0.717) is 23.4 Å². The van der Waals surface area contributed by atoms with Gasteiger partial charge in [0.15, 0.2) is 9.84 Å². The Morgan fingerprint density at radius 2 is 1.96 bits per heavy atom. The van der Waals surface area contributed by atoms with Crippen molar-refractivity contribution in [3.63, 3.8) is 0 Å². The highest BCUT2D eigenvalue weighted by Crippen LogP contribution is 2.27. The van der Waals surface area contributed by atoms with Gasteiger partial charge in [0.25, 0.3) is 0 Å². The van der Waals surface area contributed by atoms with Crippen molar-refractivity contribution >= 4 is 21.4 Å². The van der Waals surface area contributed by atoms with Gasteiger partial charge in [0.2, 0.25) is 5.91 Å². The Bertz CT molecular complexity index is 856. The summed E-state index contributed by atoms with van der Waals surface area (Å²) in [4.78, 5) is 12.6. The van der Waals surface area contributed by atoms with Crippen LogP contribution in [0, 0.1) is 6.92 Å². The summed E-state index contributed by atoms with van der Waals surface area (Å²) in [5.41, 5.74) is 3.52. The van der Waals surface area contributed by atoms with E-state index in [1.807, 2.05) is 31.2 Å². The van der Waals surface area contributed by atoms with Crippen molar-refractivity contribution in [3.8, 4) is 0 Å². The molecule has 23 heavy (non-hydrogen) atoms. The summed E-state index contributed by atoms with van der Waals surface area (Å²) in [6, 6.07) is 12.8. The van der Waals surface area contributed by atoms with Gasteiger partial charge in [-0.1, -0.05) is 24.3 Å². The minimum atomic E-state index is -3.15. The fourth-order valence-electron chi connectivity index (χ4n) is 2.91. The first kappa shape index (κ1) is 15.7. The maximum absolute atomic E-state index is 12.2. The molecule has 0 radical (unpaired) electrons. The Labute approximate surface area is 136 Å². The van der Waals surface area contributed by atoms with E-state index in [1.165, 1.54) is 0 Å². The monoisotopic (exact) mass is 329 g/mol. The van der Waals surface area contributed by atoms with Crippen LogP contribution in [0.3, 0.4) is 0 Å². The number of rotatable bonds is 3. The van der Waals surface area contributed by atoms with Crippen molar-refractivity contribution in [1.29, 1.82) is 0 Å². The maximum Gasteiger partial charge on any atom is 0.228 e. The third kappa shape index (κ3) is 3.45. The predicted octanol–water partition coefficient (Wildman–Crippen LogP) is 2.90. The molecule has 0 bridgehead atoms. The summed E-state index contributed by atoms with van der Waals surface area (Å²) in [7, 11) is -3.15. The molecule has 1 heterocycles. The topological polar surface area (TPSA) is 63.2 Å². The van der Waals surface area contributed by atoms with Crippen LogP contribution in [0.1, 0.15) is 23.1 Å². The van der Waals surface area contributed by atoms with E-state index in [-0.39, 0.29) is 11.7 Å². The number of nitrogens with one attached hydrogen (secondary N) is 1. The second-order valence-electron chi connectivity index (χ2n) is 5.90. The van der Waals surface area contributed by atoms with E-state index >= 15 is 0 Å². The Kier molecular flexibility index (Phi) is 4.22. The lowest BCUT2D eigenvalue weighted by molar-refractivity contribution is -0.115. The van der Waals surface area contributed by atoms with E-state index < -0.39 is 9.84 Å². The van der Waals surface area contributed by atoms with Crippen molar-refractivity contribution < 1.29 is 13.2 Å². The second kappa shape index (κ2) is 6.16. The number of carbonyl (C=O) groups is 1. The van der Waals surface area contributed by atoms with E-state index in [0.717, 1.165) is 23.1 Å². The Morgan fingerprint density at radius 1 is 1.17 bits per heavy atom. The van der Waals surface area contributed by atoms with Gasteiger partial charge in [0.1, 0.15) is 0 Å². The molecule has 4 nitrogen and oxygen atoms in total. The molecule has 0 saturated carbocycles. The van der Waals surface area contributed by atoms with Crippen LogP contribution in [-0.4, -0.2) is 20.1 Å². The molecule has 1 aliphatic rings. The normalized spacial score (nSPS) is 15.7. The van der Waals surface area contributed by atoms with Gasteiger partial charge in [-0.25, -0.2) is 8.42 Å². The molecule has 1 N–H and O–H groups in total. The minimum Gasteiger partial charge on any atom is -0.326 e. The highest BCUT2D eigenvalue weighted by Gasteiger charge is 2.23. The molecular formula is C18H19NO3S. The molecule has 0 spiro atoms. The number of carbonyl (C=O) groups excluding carboxylic acids is 1. The molecule has 2 aromatic rings. The lowest BCUT2D eigenvalue weighted by Gasteiger charge is -2.17. The van der Waals surface area contributed by atoms with Gasteiger partial charge in [-0.3, -0.25) is 4.79 Å². The van der Waals surface area contributed by atoms with Crippen molar-refractivity contribution in [3.05, 3.63) is 59.2 Å². The fraction of sp³-hybridized carbons (Fsp3) is 0.278. The highest BCUT2D eigenvalue weighted by atomic mass is 32.2. The smallest absolute Gasteiger partial charge is 0.228 e. The first-order valence-corrected chi connectivity index (χ1v) is 9.31. The van der Waals surface area contributed by atoms with Gasteiger partial charge in [-0.2, -0.15) is 0 Å². The standard InChI is InChI=1S/C18H19NO3S/c1-13-5-2-3-6-14(13)12-18(20)19-16-8-9-17-15(11-16)7-4-10-23(17,21)22/h2-3,5-6,8-9,11H,4,7,10,12H2,1H3,(H,19,20). The van der Waals surface area contributed by atoms with E-state index in [9.17, 15) is 13.2 Å². The van der Waals surface area contributed by atoms with Crippen LogP contribution in [0.25, 0.3) is 0 Å². The van der Waals surface area contributed by atoms with Crippen molar-refractivity contribution in [1.82, 2.24) is 0 Å². The minimum absolute atomic E-state index is 0.0992. The molecular weight excluding hydrogens is 310 g/mol. The van der Waals surface area contributed by atoms with Gasteiger partial charge >= 0.3 is 0 Å². The molecule has 0 saturated heterocycles. The van der Waals surface area contributed by atoms with Crippen LogP contribution in [0.5, 0.6) is 0 Å². The van der Waals surface area contributed by atoms with Gasteiger partial charge in [0.05, 0.1) is 17.1 Å². The molecule has 5 heteroatoms. The number of fused-ring (bicyclic) bond motifs is 1. The molecule has 0 aliphatic carbocycles. The van der Waals surface area contributed by atoms with E-state index in [4.69, 9.17) is 0 Å². The van der Waals surface area contributed by atoms with E-state index in [1.54, 1.807) is 18.2 Å². The summed E-state index contributed by atoms with van der Waals surface area (Å²) in [6.45, 7) is 1.98. The predicted molar refractivity (Wildman–Crippen MR) is 90.3 cm³/mol. The number of amides is 1. The van der Waals surface area contributed by atoms with Gasteiger partial charge in [0, 0.05) is 5.69 Å². The largest absolute Gasteiger partial charge is 0.326 e. The number of hydrogen-bond donors (Lipinski definition) is 1. The average molecular weight is 329 g/mol. The zero-order valence-electron chi connectivity index (χ0n) is 13.0. The van der Waals surface area contributed by atoms with Gasteiger partial charge in [-0.05, 0) is 54.7 Å². The van der Waals surface area contributed by atoms with Gasteiger partial charge < -0.3 is 5.32 Å². The van der Waals surface area contributed by atoms with Crippen LogP contribution < -0.4 is 5.32 Å². The summed E-state index contributed by atoms with van der Waals surface area (Å²) in [5, 5.41) is 2.86. The van der Waals surface area contributed by atoms with Crippen molar-refractivity contribution in [2.24, 2.45) is 0 Å². The lowest BCUT2D eigenvalue weighted by atomic mass is 10.1. The fourth-order valence-corrected chi connectivity index (χ4v) is 4.49. The summed E-state index contributed by atoms with van der Waals surface area (Å²) in [5.74, 6) is 0.108. The summed E-state index contributed by atoms with van der Waals surface area (Å²) < 4.78 is 24.0. The highest BCUT2D eigenvalue weighted by molar-refractivity contribution is 7.91. The lowest BCUT2D eigenvalue weighted by Crippen LogP contribution is -2.18. The van der Waals surface area contributed by atoms with Gasteiger partial charge in [-0.15, -0.1) is 0 Å². The molecule has 1 amide bonds. The molecule has 0 aromatic heterocycles. The summed E-state index contributed by atoms with van der Waals surface area (Å²) >= 11 is 0. The first-order valence-electron chi connectivity index (χ1n) is 7.66. The first-order chi connectivity index (χ1) is 11.0. The maximum atomic E-state index is 12.2. The molecule has 3 rings (SSSR count). The molecule has 120 valence electrons. The third-order valence-corrected chi connectivity index (χ3v) is 6.05. The number of aryl methyl sites for hydroxylation is 2. The van der Waals surface area contributed by atoms with Crippen molar-refractivity contribution in [2.45, 2.75) is 31.1 Å². The Balaban J connectivity index is 1.76. The zero-order valence-corrected chi connectivity index (χ0v) is 13.8. The number of anilines is 1. The van der Waals surface area contributed by atoms with Crippen LogP contribution in [0.15, 0.2) is 47.4 Å². The number of sulfone groups is 1. The molecule has 0 unspecified atom stereocenters. The quantitative estimate of drug-likeness (QED) is 0.942. The van der Waals surface area contributed by atoms with Crippen molar-refractivity contribution in [2.75, 3.05) is 11.1 Å². The van der Waals surface area contributed by atoms with Crippen LogP contribution in [0.2, 0.25) is 0 Å². The number of benzene rings is 2.